The third-order valence-electron chi connectivity index (χ3n) is 2.62. The molecule has 0 heterocycles. The second-order valence-corrected chi connectivity index (χ2v) is 5.13. The maximum Gasteiger partial charge on any atom is 0.257 e. The van der Waals surface area contributed by atoms with E-state index in [1.54, 1.807) is 24.3 Å². The Labute approximate surface area is 128 Å². The molecule has 2 aromatic carbocycles. The lowest BCUT2D eigenvalue weighted by Crippen LogP contribution is -2.34. The summed E-state index contributed by atoms with van der Waals surface area (Å²) in [5, 5.41) is 6.32. The van der Waals surface area contributed by atoms with Crippen molar-refractivity contribution in [2.24, 2.45) is 0 Å². The van der Waals surface area contributed by atoms with Crippen molar-refractivity contribution in [3.63, 3.8) is 0 Å². The van der Waals surface area contributed by atoms with Gasteiger partial charge in [-0.1, -0.05) is 35.4 Å². The molecule has 2 aromatic rings. The number of hydrogen-bond acceptors (Lipinski definition) is 2. The van der Waals surface area contributed by atoms with Crippen LogP contribution >= 0.6 is 23.8 Å². The van der Waals surface area contributed by atoms with Gasteiger partial charge in [0.2, 0.25) is 0 Å². The van der Waals surface area contributed by atoms with Crippen molar-refractivity contribution in [3.05, 3.63) is 64.7 Å². The summed E-state index contributed by atoms with van der Waals surface area (Å²) in [5.41, 5.74) is 2.45. The minimum Gasteiger partial charge on any atom is -0.332 e. The summed E-state index contributed by atoms with van der Waals surface area (Å²) in [5.74, 6) is -0.294. The Bertz CT molecular complexity index is 641. The lowest BCUT2D eigenvalue weighted by Gasteiger charge is -2.09. The maximum absolute atomic E-state index is 12.0. The van der Waals surface area contributed by atoms with Crippen molar-refractivity contribution < 1.29 is 4.79 Å². The first-order valence-corrected chi connectivity index (χ1v) is 6.78. The highest BCUT2D eigenvalue weighted by atomic mass is 35.5. The van der Waals surface area contributed by atoms with Crippen LogP contribution < -0.4 is 10.6 Å². The van der Waals surface area contributed by atoms with Gasteiger partial charge in [0, 0.05) is 16.3 Å². The molecule has 0 unspecified atom stereocenters. The van der Waals surface area contributed by atoms with Crippen LogP contribution in [0.4, 0.5) is 5.69 Å². The van der Waals surface area contributed by atoms with E-state index in [4.69, 9.17) is 23.8 Å². The molecule has 0 radical (unpaired) electrons. The molecule has 0 aliphatic rings. The molecule has 0 aromatic heterocycles. The van der Waals surface area contributed by atoms with Crippen molar-refractivity contribution in [3.8, 4) is 0 Å². The molecule has 0 aliphatic heterocycles. The molecule has 0 saturated heterocycles. The zero-order valence-corrected chi connectivity index (χ0v) is 12.4. The standard InChI is InChI=1S/C15H13ClN2OS/c1-10-5-7-13(8-6-10)17-15(20)18-14(19)11-3-2-4-12(16)9-11/h2-9H,1H3,(H2,17,18,19,20). The molecule has 0 atom stereocenters. The number of aryl methyl sites for hydroxylation is 1. The molecular formula is C15H13ClN2OS. The average Bonchev–Trinajstić information content (AvgIpc) is 2.41. The highest BCUT2D eigenvalue weighted by Crippen LogP contribution is 2.11. The predicted molar refractivity (Wildman–Crippen MR) is 86.3 cm³/mol. The van der Waals surface area contributed by atoms with Crippen LogP contribution in [0.15, 0.2) is 48.5 Å². The van der Waals surface area contributed by atoms with Gasteiger partial charge in [-0.15, -0.1) is 0 Å². The van der Waals surface area contributed by atoms with Crippen molar-refractivity contribution in [1.29, 1.82) is 0 Å². The van der Waals surface area contributed by atoms with Crippen LogP contribution in [-0.4, -0.2) is 11.0 Å². The zero-order valence-electron chi connectivity index (χ0n) is 10.8. The number of carbonyl (C=O) groups excluding carboxylic acids is 1. The van der Waals surface area contributed by atoms with Crippen LogP contribution in [0.2, 0.25) is 5.02 Å². The van der Waals surface area contributed by atoms with Crippen molar-refractivity contribution in [2.45, 2.75) is 6.92 Å². The number of rotatable bonds is 2. The van der Waals surface area contributed by atoms with E-state index in [1.807, 2.05) is 31.2 Å². The Morgan fingerprint density at radius 2 is 1.85 bits per heavy atom. The molecule has 5 heteroatoms. The Hall–Kier alpha value is -1.91. The summed E-state index contributed by atoms with van der Waals surface area (Å²) in [6.45, 7) is 2.00. The summed E-state index contributed by atoms with van der Waals surface area (Å²) < 4.78 is 0. The SMILES string of the molecule is Cc1ccc(NC(=S)NC(=O)c2cccc(Cl)c2)cc1. The van der Waals surface area contributed by atoms with E-state index in [9.17, 15) is 4.79 Å². The van der Waals surface area contributed by atoms with Gasteiger partial charge >= 0.3 is 0 Å². The van der Waals surface area contributed by atoms with Crippen LogP contribution in [0.1, 0.15) is 15.9 Å². The van der Waals surface area contributed by atoms with Gasteiger partial charge in [-0.25, -0.2) is 0 Å². The van der Waals surface area contributed by atoms with Crippen LogP contribution in [0.5, 0.6) is 0 Å². The monoisotopic (exact) mass is 304 g/mol. The minimum absolute atomic E-state index is 0.249. The first-order valence-electron chi connectivity index (χ1n) is 5.99. The van der Waals surface area contributed by atoms with Gasteiger partial charge in [0.1, 0.15) is 0 Å². The van der Waals surface area contributed by atoms with E-state index in [0.29, 0.717) is 10.6 Å². The molecule has 0 saturated carbocycles. The normalized spacial score (nSPS) is 9.90. The minimum atomic E-state index is -0.294. The molecule has 2 rings (SSSR count). The summed E-state index contributed by atoms with van der Waals surface area (Å²) in [6.07, 6.45) is 0. The van der Waals surface area contributed by atoms with E-state index >= 15 is 0 Å². The predicted octanol–water partition coefficient (Wildman–Crippen LogP) is 3.78. The summed E-state index contributed by atoms with van der Waals surface area (Å²) >= 11 is 10.9. The molecule has 0 bridgehead atoms. The first kappa shape index (κ1) is 14.5. The number of carbonyl (C=O) groups is 1. The average molecular weight is 305 g/mol. The number of anilines is 1. The summed E-state index contributed by atoms with van der Waals surface area (Å²) in [4.78, 5) is 12.0. The fourth-order valence-corrected chi connectivity index (χ4v) is 2.01. The number of hydrogen-bond donors (Lipinski definition) is 2. The lowest BCUT2D eigenvalue weighted by molar-refractivity contribution is 0.0977. The summed E-state index contributed by atoms with van der Waals surface area (Å²) in [6, 6.07) is 14.4. The second kappa shape index (κ2) is 6.50. The van der Waals surface area contributed by atoms with Crippen LogP contribution in [0.25, 0.3) is 0 Å². The van der Waals surface area contributed by atoms with Gasteiger partial charge in [0.15, 0.2) is 5.11 Å². The number of benzene rings is 2. The highest BCUT2D eigenvalue weighted by molar-refractivity contribution is 7.80. The van der Waals surface area contributed by atoms with Gasteiger partial charge < -0.3 is 5.32 Å². The molecule has 1 amide bonds. The van der Waals surface area contributed by atoms with Crippen LogP contribution in [-0.2, 0) is 0 Å². The van der Waals surface area contributed by atoms with Gasteiger partial charge in [-0.3, -0.25) is 10.1 Å². The van der Waals surface area contributed by atoms with Crippen LogP contribution in [0, 0.1) is 6.92 Å². The second-order valence-electron chi connectivity index (χ2n) is 4.28. The van der Waals surface area contributed by atoms with E-state index in [0.717, 1.165) is 11.3 Å². The number of nitrogens with one attached hydrogen (secondary N) is 2. The largest absolute Gasteiger partial charge is 0.332 e. The number of amides is 1. The van der Waals surface area contributed by atoms with E-state index in [2.05, 4.69) is 10.6 Å². The maximum atomic E-state index is 12.0. The highest BCUT2D eigenvalue weighted by Gasteiger charge is 2.08. The Morgan fingerprint density at radius 1 is 1.15 bits per heavy atom. The molecule has 0 fully saturated rings. The van der Waals surface area contributed by atoms with Crippen molar-refractivity contribution in [1.82, 2.24) is 5.32 Å². The molecule has 102 valence electrons. The van der Waals surface area contributed by atoms with Gasteiger partial charge in [-0.2, -0.15) is 0 Å². The molecule has 2 N–H and O–H groups in total. The topological polar surface area (TPSA) is 41.1 Å². The van der Waals surface area contributed by atoms with Crippen LogP contribution in [0.3, 0.4) is 0 Å². The first-order chi connectivity index (χ1) is 9.54. The zero-order chi connectivity index (χ0) is 14.5. The lowest BCUT2D eigenvalue weighted by atomic mass is 10.2. The fourth-order valence-electron chi connectivity index (χ4n) is 1.60. The molecule has 0 spiro atoms. The third-order valence-corrected chi connectivity index (χ3v) is 3.06. The fraction of sp³-hybridized carbons (Fsp3) is 0.0667. The van der Waals surface area contributed by atoms with Gasteiger partial charge in [0.05, 0.1) is 0 Å². The summed E-state index contributed by atoms with van der Waals surface area (Å²) in [7, 11) is 0. The van der Waals surface area contributed by atoms with Crippen molar-refractivity contribution >= 4 is 40.5 Å². The number of halogens is 1. The third kappa shape index (κ3) is 4.05. The molecule has 3 nitrogen and oxygen atoms in total. The Balaban J connectivity index is 1.97. The number of thiocarbonyl (C=S) groups is 1. The van der Waals surface area contributed by atoms with E-state index in [-0.39, 0.29) is 11.0 Å². The Morgan fingerprint density at radius 3 is 2.50 bits per heavy atom. The molecular weight excluding hydrogens is 292 g/mol. The van der Waals surface area contributed by atoms with E-state index < -0.39 is 0 Å². The smallest absolute Gasteiger partial charge is 0.257 e. The van der Waals surface area contributed by atoms with E-state index in [1.165, 1.54) is 0 Å². The molecule has 20 heavy (non-hydrogen) atoms. The Kier molecular flexibility index (Phi) is 4.71. The van der Waals surface area contributed by atoms with Gasteiger partial charge in [-0.05, 0) is 49.5 Å². The molecule has 0 aliphatic carbocycles. The van der Waals surface area contributed by atoms with Crippen molar-refractivity contribution in [2.75, 3.05) is 5.32 Å². The quantitative estimate of drug-likeness (QED) is 0.830. The van der Waals surface area contributed by atoms with Gasteiger partial charge in [0.25, 0.3) is 5.91 Å².